The number of urea groups is 1. The number of rotatable bonds is 7. The molecule has 3 rings (SSSR count). The van der Waals surface area contributed by atoms with E-state index in [4.69, 9.17) is 14.2 Å². The highest BCUT2D eigenvalue weighted by molar-refractivity contribution is 5.96. The summed E-state index contributed by atoms with van der Waals surface area (Å²) in [5.74, 6) is 0.0346. The number of benzene rings is 1. The maximum absolute atomic E-state index is 11.9. The van der Waals surface area contributed by atoms with Crippen molar-refractivity contribution in [3.63, 3.8) is 0 Å². The van der Waals surface area contributed by atoms with Crippen molar-refractivity contribution in [1.29, 1.82) is 0 Å². The SMILES string of the molecule is CCOc1cc2c(cc1/C=C/C(=O)OCC(=O)NC(=O)NC1CC1)O[C@H](C)C2. The van der Waals surface area contributed by atoms with Gasteiger partial charge in [0.15, 0.2) is 6.61 Å². The summed E-state index contributed by atoms with van der Waals surface area (Å²) < 4.78 is 16.2. The van der Waals surface area contributed by atoms with E-state index >= 15 is 0 Å². The molecular formula is C20H24N2O6. The third-order valence-electron chi connectivity index (χ3n) is 4.24. The average molecular weight is 388 g/mol. The van der Waals surface area contributed by atoms with Crippen LogP contribution in [0.2, 0.25) is 0 Å². The van der Waals surface area contributed by atoms with E-state index in [2.05, 4.69) is 10.6 Å². The highest BCUT2D eigenvalue weighted by atomic mass is 16.5. The fourth-order valence-corrected chi connectivity index (χ4v) is 2.82. The quantitative estimate of drug-likeness (QED) is 0.547. The summed E-state index contributed by atoms with van der Waals surface area (Å²) in [5.41, 5.74) is 1.75. The number of carbonyl (C=O) groups is 3. The summed E-state index contributed by atoms with van der Waals surface area (Å²) >= 11 is 0. The molecule has 0 saturated heterocycles. The van der Waals surface area contributed by atoms with Gasteiger partial charge in [0.2, 0.25) is 0 Å². The zero-order valence-corrected chi connectivity index (χ0v) is 15.9. The molecule has 0 bridgehead atoms. The molecule has 1 aliphatic carbocycles. The molecule has 150 valence electrons. The number of amides is 3. The van der Waals surface area contributed by atoms with Gasteiger partial charge in [-0.3, -0.25) is 10.1 Å². The number of esters is 1. The molecule has 2 N–H and O–H groups in total. The van der Waals surface area contributed by atoms with E-state index in [1.807, 2.05) is 26.0 Å². The van der Waals surface area contributed by atoms with Crippen molar-refractivity contribution in [2.45, 2.75) is 45.3 Å². The zero-order chi connectivity index (χ0) is 20.1. The van der Waals surface area contributed by atoms with Crippen LogP contribution in [0.3, 0.4) is 0 Å². The summed E-state index contributed by atoms with van der Waals surface area (Å²) in [7, 11) is 0. The van der Waals surface area contributed by atoms with Gasteiger partial charge in [-0.25, -0.2) is 9.59 Å². The standard InChI is InChI=1S/C20H24N2O6/c1-3-26-16-10-14-8-12(2)28-17(14)9-13(16)4-7-19(24)27-11-18(23)22-20(25)21-15-5-6-15/h4,7,9-10,12,15H,3,5-6,8,11H2,1-2H3,(H2,21,22,23,25)/b7-4+/t12-/m1/s1. The van der Waals surface area contributed by atoms with Crippen LogP contribution < -0.4 is 20.1 Å². The van der Waals surface area contributed by atoms with Crippen LogP contribution in [0.25, 0.3) is 6.08 Å². The van der Waals surface area contributed by atoms with Gasteiger partial charge in [-0.15, -0.1) is 0 Å². The van der Waals surface area contributed by atoms with E-state index < -0.39 is 24.5 Å². The summed E-state index contributed by atoms with van der Waals surface area (Å²) in [5, 5.41) is 4.72. The molecule has 1 aliphatic heterocycles. The Labute approximate surface area is 163 Å². The minimum Gasteiger partial charge on any atom is -0.493 e. The zero-order valence-electron chi connectivity index (χ0n) is 15.9. The summed E-state index contributed by atoms with van der Waals surface area (Å²) in [6.07, 6.45) is 5.50. The van der Waals surface area contributed by atoms with E-state index in [1.165, 1.54) is 6.08 Å². The molecule has 2 aliphatic rings. The first-order valence-corrected chi connectivity index (χ1v) is 9.36. The van der Waals surface area contributed by atoms with Crippen LogP contribution in [-0.2, 0) is 20.7 Å². The minimum absolute atomic E-state index is 0.101. The van der Waals surface area contributed by atoms with Gasteiger partial charge < -0.3 is 19.5 Å². The second kappa shape index (κ2) is 8.77. The lowest BCUT2D eigenvalue weighted by Gasteiger charge is -2.10. The van der Waals surface area contributed by atoms with Gasteiger partial charge in [-0.1, -0.05) is 0 Å². The van der Waals surface area contributed by atoms with Crippen LogP contribution in [0.4, 0.5) is 4.79 Å². The molecule has 3 amide bonds. The van der Waals surface area contributed by atoms with E-state index in [0.29, 0.717) is 17.9 Å². The Morgan fingerprint density at radius 3 is 2.79 bits per heavy atom. The average Bonchev–Trinajstić information content (AvgIpc) is 3.37. The summed E-state index contributed by atoms with van der Waals surface area (Å²) in [4.78, 5) is 35.0. The monoisotopic (exact) mass is 388 g/mol. The fraction of sp³-hybridized carbons (Fsp3) is 0.450. The molecule has 0 aromatic heterocycles. The predicted molar refractivity (Wildman–Crippen MR) is 101 cm³/mol. The molecule has 0 radical (unpaired) electrons. The maximum Gasteiger partial charge on any atom is 0.331 e. The topological polar surface area (TPSA) is 103 Å². The Morgan fingerprint density at radius 2 is 2.07 bits per heavy atom. The van der Waals surface area contributed by atoms with Crippen LogP contribution in [0.15, 0.2) is 18.2 Å². The number of imide groups is 1. The van der Waals surface area contributed by atoms with Gasteiger partial charge in [0.05, 0.1) is 6.61 Å². The summed E-state index contributed by atoms with van der Waals surface area (Å²) in [6, 6.07) is 3.30. The van der Waals surface area contributed by atoms with Gasteiger partial charge in [-0.2, -0.15) is 0 Å². The minimum atomic E-state index is -0.699. The first kappa shape index (κ1) is 19.7. The van der Waals surface area contributed by atoms with Crippen molar-refractivity contribution in [2.24, 2.45) is 0 Å². The Bertz CT molecular complexity index is 800. The van der Waals surface area contributed by atoms with Crippen molar-refractivity contribution < 1.29 is 28.6 Å². The van der Waals surface area contributed by atoms with Crippen molar-refractivity contribution in [3.05, 3.63) is 29.3 Å². The van der Waals surface area contributed by atoms with Crippen LogP contribution in [0.1, 0.15) is 37.8 Å². The number of hydrogen-bond acceptors (Lipinski definition) is 6. The first-order chi connectivity index (χ1) is 13.4. The summed E-state index contributed by atoms with van der Waals surface area (Å²) in [6.45, 7) is 3.82. The predicted octanol–water partition coefficient (Wildman–Crippen LogP) is 1.95. The van der Waals surface area contributed by atoms with Crippen LogP contribution in [0.5, 0.6) is 11.5 Å². The molecule has 1 fully saturated rings. The van der Waals surface area contributed by atoms with Gasteiger partial charge in [-0.05, 0) is 44.9 Å². The Balaban J connectivity index is 1.53. The third-order valence-corrected chi connectivity index (χ3v) is 4.24. The number of fused-ring (bicyclic) bond motifs is 1. The highest BCUT2D eigenvalue weighted by Gasteiger charge is 2.24. The Kier molecular flexibility index (Phi) is 6.18. The smallest absolute Gasteiger partial charge is 0.331 e. The van der Waals surface area contributed by atoms with E-state index in [-0.39, 0.29) is 12.1 Å². The number of hydrogen-bond donors (Lipinski definition) is 2. The molecule has 1 aromatic carbocycles. The number of ether oxygens (including phenoxy) is 3. The molecule has 1 heterocycles. The molecule has 1 saturated carbocycles. The Morgan fingerprint density at radius 1 is 1.29 bits per heavy atom. The maximum atomic E-state index is 11.9. The molecule has 8 nitrogen and oxygen atoms in total. The lowest BCUT2D eigenvalue weighted by Crippen LogP contribution is -2.42. The van der Waals surface area contributed by atoms with Crippen molar-refractivity contribution in [2.75, 3.05) is 13.2 Å². The van der Waals surface area contributed by atoms with Crippen molar-refractivity contribution >= 4 is 24.0 Å². The van der Waals surface area contributed by atoms with Crippen LogP contribution >= 0.6 is 0 Å². The molecule has 0 spiro atoms. The van der Waals surface area contributed by atoms with Crippen molar-refractivity contribution in [3.8, 4) is 11.5 Å². The fourth-order valence-electron chi connectivity index (χ4n) is 2.82. The molecule has 1 aromatic rings. The van der Waals surface area contributed by atoms with E-state index in [1.54, 1.807) is 6.08 Å². The molecular weight excluding hydrogens is 364 g/mol. The van der Waals surface area contributed by atoms with Gasteiger partial charge >= 0.3 is 12.0 Å². The second-order valence-corrected chi connectivity index (χ2v) is 6.80. The lowest BCUT2D eigenvalue weighted by molar-refractivity contribution is -0.143. The van der Waals surface area contributed by atoms with E-state index in [0.717, 1.165) is 30.6 Å². The van der Waals surface area contributed by atoms with Crippen molar-refractivity contribution in [1.82, 2.24) is 10.6 Å². The highest BCUT2D eigenvalue weighted by Crippen LogP contribution is 2.35. The van der Waals surface area contributed by atoms with Gasteiger partial charge in [0.1, 0.15) is 17.6 Å². The lowest BCUT2D eigenvalue weighted by atomic mass is 10.1. The normalized spacial score (nSPS) is 17.6. The second-order valence-electron chi connectivity index (χ2n) is 6.80. The molecule has 28 heavy (non-hydrogen) atoms. The molecule has 1 atom stereocenters. The van der Waals surface area contributed by atoms with Gasteiger partial charge in [0.25, 0.3) is 5.91 Å². The molecule has 0 unspecified atom stereocenters. The van der Waals surface area contributed by atoms with Gasteiger partial charge in [0, 0.05) is 29.7 Å². The molecule has 8 heteroatoms. The largest absolute Gasteiger partial charge is 0.493 e. The third kappa shape index (κ3) is 5.48. The number of nitrogens with one attached hydrogen (secondary N) is 2. The van der Waals surface area contributed by atoms with Crippen LogP contribution in [-0.4, -0.2) is 43.3 Å². The first-order valence-electron chi connectivity index (χ1n) is 9.36. The van der Waals surface area contributed by atoms with E-state index in [9.17, 15) is 14.4 Å². The van der Waals surface area contributed by atoms with Crippen LogP contribution in [0, 0.1) is 0 Å². The number of carbonyl (C=O) groups excluding carboxylic acids is 3. The Hall–Kier alpha value is -3.03.